The maximum atomic E-state index is 12.7. The van der Waals surface area contributed by atoms with Gasteiger partial charge in [0.25, 0.3) is 0 Å². The highest BCUT2D eigenvalue weighted by Gasteiger charge is 2.43. The number of carbonyl (C=O) groups is 1. The Hall–Kier alpha value is -1.60. The molecular weight excluding hydrogens is 367 g/mol. The molecule has 28 heavy (non-hydrogen) atoms. The van der Waals surface area contributed by atoms with Crippen molar-refractivity contribution in [2.75, 3.05) is 13.1 Å². The Morgan fingerprint density at radius 3 is 2.39 bits per heavy atom. The SMILES string of the molecule is CC(C)(C)[C@H](N)C(=O)N[C@H]1CC[C@@H]2CN(Cc3ccc(C(F)(F)F)cc3)C[C@@H]21. The molecule has 1 aliphatic heterocycles. The van der Waals surface area contributed by atoms with Gasteiger partial charge in [-0.25, -0.2) is 0 Å². The summed E-state index contributed by atoms with van der Waals surface area (Å²) in [6.45, 7) is 8.26. The molecule has 2 aliphatic rings. The molecule has 2 fully saturated rings. The number of carbonyl (C=O) groups excluding carboxylic acids is 1. The molecule has 1 aromatic carbocycles. The molecule has 4 nitrogen and oxygen atoms in total. The summed E-state index contributed by atoms with van der Waals surface area (Å²) < 4.78 is 38.1. The number of hydrogen-bond acceptors (Lipinski definition) is 3. The molecule has 7 heteroatoms. The second kappa shape index (κ2) is 7.67. The fraction of sp³-hybridized carbons (Fsp3) is 0.667. The minimum atomic E-state index is -4.30. The van der Waals surface area contributed by atoms with E-state index in [1.54, 1.807) is 12.1 Å². The van der Waals surface area contributed by atoms with Gasteiger partial charge in [0.05, 0.1) is 11.6 Å². The van der Waals surface area contributed by atoms with Gasteiger partial charge in [0, 0.05) is 25.7 Å². The normalized spacial score (nSPS) is 26.9. The number of hydrogen-bond donors (Lipinski definition) is 2. The maximum absolute atomic E-state index is 12.7. The van der Waals surface area contributed by atoms with Crippen LogP contribution in [-0.2, 0) is 17.5 Å². The number of likely N-dealkylation sites (tertiary alicyclic amines) is 1. The Balaban J connectivity index is 1.56. The van der Waals surface area contributed by atoms with E-state index in [1.165, 1.54) is 0 Å². The molecule has 1 saturated carbocycles. The number of benzene rings is 1. The topological polar surface area (TPSA) is 58.4 Å². The van der Waals surface area contributed by atoms with Crippen molar-refractivity contribution in [1.82, 2.24) is 10.2 Å². The lowest BCUT2D eigenvalue weighted by Gasteiger charge is -2.29. The molecule has 1 aliphatic carbocycles. The van der Waals surface area contributed by atoms with Gasteiger partial charge >= 0.3 is 6.18 Å². The van der Waals surface area contributed by atoms with Crippen LogP contribution in [0.2, 0.25) is 0 Å². The van der Waals surface area contributed by atoms with Crippen LogP contribution in [0.3, 0.4) is 0 Å². The Bertz CT molecular complexity index is 696. The van der Waals surface area contributed by atoms with Crippen molar-refractivity contribution < 1.29 is 18.0 Å². The van der Waals surface area contributed by atoms with Gasteiger partial charge in [-0.15, -0.1) is 0 Å². The first-order valence-electron chi connectivity index (χ1n) is 9.89. The van der Waals surface area contributed by atoms with E-state index in [0.717, 1.165) is 43.6 Å². The van der Waals surface area contributed by atoms with E-state index in [-0.39, 0.29) is 17.4 Å². The van der Waals surface area contributed by atoms with E-state index in [2.05, 4.69) is 10.2 Å². The summed E-state index contributed by atoms with van der Waals surface area (Å²) in [6.07, 6.45) is -2.28. The fourth-order valence-electron chi connectivity index (χ4n) is 4.39. The first kappa shape index (κ1) is 21.1. The molecule has 1 saturated heterocycles. The van der Waals surface area contributed by atoms with Crippen molar-refractivity contribution in [2.24, 2.45) is 23.0 Å². The number of alkyl halides is 3. The molecule has 1 heterocycles. The number of amides is 1. The van der Waals surface area contributed by atoms with Gasteiger partial charge in [0.2, 0.25) is 5.91 Å². The average molecular weight is 397 g/mol. The van der Waals surface area contributed by atoms with E-state index in [1.807, 2.05) is 20.8 Å². The first-order valence-corrected chi connectivity index (χ1v) is 9.89. The van der Waals surface area contributed by atoms with E-state index in [0.29, 0.717) is 18.4 Å². The molecule has 0 aromatic heterocycles. The Morgan fingerprint density at radius 2 is 1.82 bits per heavy atom. The predicted molar refractivity (Wildman–Crippen MR) is 102 cm³/mol. The monoisotopic (exact) mass is 397 g/mol. The number of nitrogens with zero attached hydrogens (tertiary/aromatic N) is 1. The first-order chi connectivity index (χ1) is 12.9. The molecule has 4 atom stereocenters. The van der Waals surface area contributed by atoms with Gasteiger partial charge < -0.3 is 11.1 Å². The summed E-state index contributed by atoms with van der Waals surface area (Å²) in [5, 5.41) is 3.15. The number of rotatable bonds is 4. The number of nitrogens with two attached hydrogens (primary N) is 1. The van der Waals surface area contributed by atoms with Crippen LogP contribution in [0, 0.1) is 17.3 Å². The third kappa shape index (κ3) is 4.69. The molecule has 1 aromatic rings. The molecule has 156 valence electrons. The van der Waals surface area contributed by atoms with Gasteiger partial charge in [0.1, 0.15) is 0 Å². The molecule has 1 amide bonds. The molecule has 0 unspecified atom stereocenters. The van der Waals surface area contributed by atoms with E-state index in [9.17, 15) is 18.0 Å². The lowest BCUT2D eigenvalue weighted by atomic mass is 9.86. The second-order valence-electron chi connectivity index (χ2n) is 9.35. The number of nitrogens with one attached hydrogen (secondary N) is 1. The highest BCUT2D eigenvalue weighted by Crippen LogP contribution is 2.39. The minimum absolute atomic E-state index is 0.0978. The summed E-state index contributed by atoms with van der Waals surface area (Å²) in [5.74, 6) is 0.801. The van der Waals surface area contributed by atoms with E-state index in [4.69, 9.17) is 5.73 Å². The number of fused-ring (bicyclic) bond motifs is 1. The van der Waals surface area contributed by atoms with Crippen LogP contribution in [0.15, 0.2) is 24.3 Å². The molecular formula is C21H30F3N3O. The van der Waals surface area contributed by atoms with Crippen molar-refractivity contribution in [2.45, 2.75) is 58.4 Å². The zero-order valence-corrected chi connectivity index (χ0v) is 16.7. The van der Waals surface area contributed by atoms with Crippen molar-refractivity contribution in [1.29, 1.82) is 0 Å². The van der Waals surface area contributed by atoms with Gasteiger partial charge in [0.15, 0.2) is 0 Å². The smallest absolute Gasteiger partial charge is 0.352 e. The Kier molecular flexibility index (Phi) is 5.79. The Morgan fingerprint density at radius 1 is 1.18 bits per heavy atom. The summed E-state index contributed by atoms with van der Waals surface area (Å²) in [6, 6.07) is 4.98. The van der Waals surface area contributed by atoms with Crippen molar-refractivity contribution in [3.05, 3.63) is 35.4 Å². The van der Waals surface area contributed by atoms with Crippen LogP contribution < -0.4 is 11.1 Å². The van der Waals surface area contributed by atoms with Crippen LogP contribution in [-0.4, -0.2) is 36.0 Å². The van der Waals surface area contributed by atoms with Crippen molar-refractivity contribution >= 4 is 5.91 Å². The van der Waals surface area contributed by atoms with E-state index >= 15 is 0 Å². The second-order valence-corrected chi connectivity index (χ2v) is 9.35. The molecule has 0 spiro atoms. The van der Waals surface area contributed by atoms with Gasteiger partial charge in [-0.3, -0.25) is 9.69 Å². The predicted octanol–water partition coefficient (Wildman–Crippen LogP) is 3.41. The van der Waals surface area contributed by atoms with Crippen LogP contribution in [0.25, 0.3) is 0 Å². The van der Waals surface area contributed by atoms with Crippen molar-refractivity contribution in [3.8, 4) is 0 Å². The van der Waals surface area contributed by atoms with Crippen LogP contribution >= 0.6 is 0 Å². The zero-order valence-electron chi connectivity index (χ0n) is 16.7. The highest BCUT2D eigenvalue weighted by atomic mass is 19.4. The fourth-order valence-corrected chi connectivity index (χ4v) is 4.39. The summed E-state index contributed by atoms with van der Waals surface area (Å²) in [7, 11) is 0. The van der Waals surface area contributed by atoms with Crippen LogP contribution in [0.1, 0.15) is 44.7 Å². The number of halogens is 3. The summed E-state index contributed by atoms with van der Waals surface area (Å²) >= 11 is 0. The van der Waals surface area contributed by atoms with Crippen molar-refractivity contribution in [3.63, 3.8) is 0 Å². The molecule has 3 N–H and O–H groups in total. The summed E-state index contributed by atoms with van der Waals surface area (Å²) in [4.78, 5) is 14.8. The third-order valence-electron chi connectivity index (χ3n) is 6.16. The van der Waals surface area contributed by atoms with Crippen LogP contribution in [0.4, 0.5) is 13.2 Å². The summed E-state index contributed by atoms with van der Waals surface area (Å²) in [5.41, 5.74) is 6.05. The molecule has 0 radical (unpaired) electrons. The standard InChI is InChI=1S/C21H30F3N3O/c1-20(2,3)18(25)19(28)26-17-9-6-14-11-27(12-16(14)17)10-13-4-7-15(8-5-13)21(22,23)24/h4-5,7-8,14,16-18H,6,9-12,25H2,1-3H3,(H,26,28)/t14-,16+,17+,18-/m1/s1. The van der Waals surface area contributed by atoms with Crippen LogP contribution in [0.5, 0.6) is 0 Å². The lowest BCUT2D eigenvalue weighted by molar-refractivity contribution is -0.137. The molecule has 3 rings (SSSR count). The quantitative estimate of drug-likeness (QED) is 0.819. The zero-order chi connectivity index (χ0) is 20.7. The Labute approximate surface area is 164 Å². The van der Waals surface area contributed by atoms with Gasteiger partial charge in [-0.05, 0) is 47.8 Å². The van der Waals surface area contributed by atoms with Gasteiger partial charge in [-0.2, -0.15) is 13.2 Å². The largest absolute Gasteiger partial charge is 0.416 e. The van der Waals surface area contributed by atoms with Gasteiger partial charge in [-0.1, -0.05) is 32.9 Å². The third-order valence-corrected chi connectivity index (χ3v) is 6.16. The molecule has 0 bridgehead atoms. The average Bonchev–Trinajstić information content (AvgIpc) is 3.14. The van der Waals surface area contributed by atoms with E-state index < -0.39 is 17.8 Å². The highest BCUT2D eigenvalue weighted by molar-refractivity contribution is 5.82. The lowest BCUT2D eigenvalue weighted by Crippen LogP contribution is -2.52. The minimum Gasteiger partial charge on any atom is -0.352 e. The maximum Gasteiger partial charge on any atom is 0.416 e.